The minimum Gasteiger partial charge on any atom is -0.388 e. The van der Waals surface area contributed by atoms with Crippen LogP contribution >= 0.6 is 0 Å². The van der Waals surface area contributed by atoms with Gasteiger partial charge in [0.2, 0.25) is 0 Å². The van der Waals surface area contributed by atoms with E-state index in [0.717, 1.165) is 25.7 Å². The Bertz CT molecular complexity index is 758. The van der Waals surface area contributed by atoms with E-state index in [1.807, 2.05) is 6.92 Å². The van der Waals surface area contributed by atoms with Crippen LogP contribution in [0.25, 0.3) is 0 Å². The number of ether oxygens (including phenoxy) is 6. The number of unbranched alkanes of at least 4 members (excludes halogenated alkanes) is 2. The van der Waals surface area contributed by atoms with Gasteiger partial charge in [-0.25, -0.2) is 0 Å². The zero-order chi connectivity index (χ0) is 30.3. The van der Waals surface area contributed by atoms with Crippen LogP contribution in [0.1, 0.15) is 46.0 Å². The molecule has 1 aliphatic carbocycles. The van der Waals surface area contributed by atoms with Gasteiger partial charge in [0.1, 0.15) is 61.0 Å². The van der Waals surface area contributed by atoms with E-state index < -0.39 is 91.7 Å². The molecule has 3 aliphatic rings. The first kappa shape index (κ1) is 34.9. The van der Waals surface area contributed by atoms with Crippen LogP contribution in [0.3, 0.4) is 0 Å². The molecule has 15 atom stereocenters. The van der Waals surface area contributed by atoms with Gasteiger partial charge in [0.15, 0.2) is 12.6 Å². The molecule has 15 heteroatoms. The fraction of sp³-hybridized carbons (Fsp3) is 1.00. The molecule has 0 radical (unpaired) electrons. The lowest BCUT2D eigenvalue weighted by atomic mass is 9.84. The highest BCUT2D eigenvalue weighted by molar-refractivity contribution is 5.01. The Balaban J connectivity index is 1.71. The Labute approximate surface area is 241 Å². The molecule has 2 heterocycles. The number of nitrogens with two attached hydrogens (primary N) is 4. The fourth-order valence-electron chi connectivity index (χ4n) is 5.40. The third-order valence-electron chi connectivity index (χ3n) is 8.01. The van der Waals surface area contributed by atoms with E-state index in [-0.39, 0.29) is 19.6 Å². The number of aliphatic hydroxyl groups is 5. The van der Waals surface area contributed by atoms with E-state index in [4.69, 9.17) is 51.4 Å². The SMILES string of the molecule is CCCCOC[C@H]1O[C@@H](O[C@@H]2[C@@H](O)[C@H](O[C@H]3O[C@H](CN)[C@@H](O)[C@H](O)[C@H]3O)[C@@H](N)C[C@H]2N)[C@H](O)[C@@H](N)[C@@H]1OCCCC. The summed E-state index contributed by atoms with van der Waals surface area (Å²) >= 11 is 0. The second kappa shape index (κ2) is 16.5. The molecule has 2 aliphatic heterocycles. The molecule has 0 aromatic heterocycles. The summed E-state index contributed by atoms with van der Waals surface area (Å²) in [5.41, 5.74) is 24.6. The highest BCUT2D eigenvalue weighted by Crippen LogP contribution is 2.32. The molecule has 15 nitrogen and oxygen atoms in total. The quantitative estimate of drug-likeness (QED) is 0.0876. The Kier molecular flexibility index (Phi) is 14.0. The zero-order valence-corrected chi connectivity index (χ0v) is 24.0. The van der Waals surface area contributed by atoms with E-state index in [1.54, 1.807) is 0 Å². The van der Waals surface area contributed by atoms with E-state index in [1.165, 1.54) is 0 Å². The summed E-state index contributed by atoms with van der Waals surface area (Å²) in [6.07, 6.45) is -11.0. The maximum Gasteiger partial charge on any atom is 0.187 e. The lowest BCUT2D eigenvalue weighted by molar-refractivity contribution is -0.333. The van der Waals surface area contributed by atoms with Crippen molar-refractivity contribution in [2.75, 3.05) is 26.4 Å². The molecular formula is C26H52N4O11. The third kappa shape index (κ3) is 8.53. The smallest absolute Gasteiger partial charge is 0.187 e. The minimum absolute atomic E-state index is 0.141. The van der Waals surface area contributed by atoms with Gasteiger partial charge in [-0.05, 0) is 19.3 Å². The summed E-state index contributed by atoms with van der Waals surface area (Å²) in [4.78, 5) is 0. The van der Waals surface area contributed by atoms with Gasteiger partial charge < -0.3 is 76.9 Å². The van der Waals surface area contributed by atoms with Crippen molar-refractivity contribution in [1.82, 2.24) is 0 Å². The van der Waals surface area contributed by atoms with E-state index in [2.05, 4.69) is 6.92 Å². The van der Waals surface area contributed by atoms with E-state index >= 15 is 0 Å². The summed E-state index contributed by atoms with van der Waals surface area (Å²) in [6, 6.07) is -2.44. The molecule has 0 spiro atoms. The topological polar surface area (TPSA) is 261 Å². The number of hydrogen-bond acceptors (Lipinski definition) is 15. The van der Waals surface area contributed by atoms with Crippen molar-refractivity contribution in [2.45, 2.75) is 138 Å². The van der Waals surface area contributed by atoms with Gasteiger partial charge in [0, 0.05) is 31.8 Å². The largest absolute Gasteiger partial charge is 0.388 e. The Morgan fingerprint density at radius 3 is 1.83 bits per heavy atom. The first-order valence-electron chi connectivity index (χ1n) is 14.7. The van der Waals surface area contributed by atoms with Crippen LogP contribution in [0.2, 0.25) is 0 Å². The number of hydrogen-bond donors (Lipinski definition) is 9. The average Bonchev–Trinajstić information content (AvgIpc) is 2.95. The van der Waals surface area contributed by atoms with E-state index in [0.29, 0.717) is 13.2 Å². The lowest BCUT2D eigenvalue weighted by Gasteiger charge is -2.48. The molecule has 0 aromatic rings. The normalized spacial score (nSPS) is 45.6. The van der Waals surface area contributed by atoms with Gasteiger partial charge in [-0.3, -0.25) is 0 Å². The van der Waals surface area contributed by atoms with Crippen molar-refractivity contribution in [1.29, 1.82) is 0 Å². The second-order valence-electron chi connectivity index (χ2n) is 11.2. The number of rotatable bonds is 14. The van der Waals surface area contributed by atoms with Crippen LogP contribution in [-0.2, 0) is 28.4 Å². The Hall–Kier alpha value is -0.600. The van der Waals surface area contributed by atoms with Crippen LogP contribution in [0, 0.1) is 0 Å². The maximum atomic E-state index is 11.3. The predicted octanol–water partition coefficient (Wildman–Crippen LogP) is -3.64. The van der Waals surface area contributed by atoms with E-state index in [9.17, 15) is 25.5 Å². The highest BCUT2D eigenvalue weighted by atomic mass is 16.7. The summed E-state index contributed by atoms with van der Waals surface area (Å²) in [7, 11) is 0. The molecule has 0 bridgehead atoms. The second-order valence-corrected chi connectivity index (χ2v) is 11.2. The van der Waals surface area contributed by atoms with Crippen molar-refractivity contribution in [3.8, 4) is 0 Å². The number of aliphatic hydroxyl groups excluding tert-OH is 5. The van der Waals surface area contributed by atoms with Gasteiger partial charge in [0.05, 0.1) is 12.6 Å². The maximum absolute atomic E-state index is 11.3. The lowest BCUT2D eigenvalue weighted by Crippen LogP contribution is -2.68. The third-order valence-corrected chi connectivity index (χ3v) is 8.01. The fourth-order valence-corrected chi connectivity index (χ4v) is 5.40. The monoisotopic (exact) mass is 596 g/mol. The zero-order valence-electron chi connectivity index (χ0n) is 24.0. The molecule has 0 amide bonds. The van der Waals surface area contributed by atoms with Crippen LogP contribution in [-0.4, -0.2) is 144 Å². The molecule has 0 unspecified atom stereocenters. The van der Waals surface area contributed by atoms with Gasteiger partial charge in [-0.15, -0.1) is 0 Å². The van der Waals surface area contributed by atoms with Crippen LogP contribution in [0.15, 0.2) is 0 Å². The molecule has 3 fully saturated rings. The molecule has 2 saturated heterocycles. The summed E-state index contributed by atoms with van der Waals surface area (Å²) in [5.74, 6) is 0. The van der Waals surface area contributed by atoms with Gasteiger partial charge in [-0.2, -0.15) is 0 Å². The highest BCUT2D eigenvalue weighted by Gasteiger charge is 2.52. The molecule has 13 N–H and O–H groups in total. The standard InChI is InChI=1S/C26H52N4O11/c1-3-5-7-36-11-15-24(37-8-6-4-2)16(30)18(32)25(39-15)40-22-12(28)9-13(29)23(21(22)35)41-26-20(34)19(33)17(31)14(10-27)38-26/h12-26,31-35H,3-11,27-30H2,1-2H3/t12-,13+,14-,15-,16-,17-,18-,19+,20-,21-,22+,23-,24-,25+,26-/m1/s1. The van der Waals surface area contributed by atoms with Crippen molar-refractivity contribution < 1.29 is 54.0 Å². The first-order valence-corrected chi connectivity index (χ1v) is 14.7. The Morgan fingerprint density at radius 1 is 0.683 bits per heavy atom. The van der Waals surface area contributed by atoms with Gasteiger partial charge >= 0.3 is 0 Å². The van der Waals surface area contributed by atoms with Crippen molar-refractivity contribution in [3.63, 3.8) is 0 Å². The summed E-state index contributed by atoms with van der Waals surface area (Å²) in [6.45, 7) is 5.07. The van der Waals surface area contributed by atoms with Crippen molar-refractivity contribution in [3.05, 3.63) is 0 Å². The molecule has 242 valence electrons. The van der Waals surface area contributed by atoms with Crippen LogP contribution < -0.4 is 22.9 Å². The molecule has 1 saturated carbocycles. The minimum atomic E-state index is -1.64. The average molecular weight is 597 g/mol. The van der Waals surface area contributed by atoms with Gasteiger partial charge in [-0.1, -0.05) is 26.7 Å². The molecule has 3 rings (SSSR count). The molecule has 0 aromatic carbocycles. The van der Waals surface area contributed by atoms with Gasteiger partial charge in [0.25, 0.3) is 0 Å². The molecule has 41 heavy (non-hydrogen) atoms. The van der Waals surface area contributed by atoms with Crippen molar-refractivity contribution >= 4 is 0 Å². The molecular weight excluding hydrogens is 544 g/mol. The predicted molar refractivity (Wildman–Crippen MR) is 145 cm³/mol. The van der Waals surface area contributed by atoms with Crippen LogP contribution in [0.5, 0.6) is 0 Å². The Morgan fingerprint density at radius 2 is 1.24 bits per heavy atom. The van der Waals surface area contributed by atoms with Crippen LogP contribution in [0.4, 0.5) is 0 Å². The summed E-state index contributed by atoms with van der Waals surface area (Å²) < 4.78 is 35.3. The first-order chi connectivity index (χ1) is 19.5. The van der Waals surface area contributed by atoms with Crippen molar-refractivity contribution in [2.24, 2.45) is 22.9 Å². The summed E-state index contributed by atoms with van der Waals surface area (Å²) in [5, 5.41) is 53.0.